The van der Waals surface area contributed by atoms with E-state index in [9.17, 15) is 0 Å². The van der Waals surface area contributed by atoms with Crippen molar-refractivity contribution in [3.8, 4) is 0 Å². The summed E-state index contributed by atoms with van der Waals surface area (Å²) in [7, 11) is 0. The van der Waals surface area contributed by atoms with Gasteiger partial charge in [-0.05, 0) is 56.7 Å². The third-order valence-electron chi connectivity index (χ3n) is 5.11. The number of aromatic nitrogens is 3. The third kappa shape index (κ3) is 3.37. The van der Waals surface area contributed by atoms with Gasteiger partial charge in [-0.3, -0.25) is 0 Å². The molecule has 0 aromatic carbocycles. The minimum Gasteiger partial charge on any atom is -0.381 e. The number of ether oxygens (including phenoxy) is 1. The number of pyridine rings is 1. The number of hydrogen-bond acceptors (Lipinski definition) is 4. The summed E-state index contributed by atoms with van der Waals surface area (Å²) in [4.78, 5) is 12.9. The van der Waals surface area contributed by atoms with E-state index in [0.29, 0.717) is 17.9 Å². The van der Waals surface area contributed by atoms with Gasteiger partial charge in [0.1, 0.15) is 11.3 Å². The van der Waals surface area contributed by atoms with Gasteiger partial charge in [0.2, 0.25) is 0 Å². The fourth-order valence-electron chi connectivity index (χ4n) is 3.86. The van der Waals surface area contributed by atoms with Gasteiger partial charge in [0.15, 0.2) is 5.65 Å². The molecular weight excluding hydrogens is 312 g/mol. The van der Waals surface area contributed by atoms with E-state index in [1.165, 1.54) is 18.4 Å². The first-order valence-corrected chi connectivity index (χ1v) is 8.47. The highest BCUT2D eigenvalue weighted by Gasteiger charge is 2.25. The Bertz CT molecular complexity index is 653. The molecule has 23 heavy (non-hydrogen) atoms. The van der Waals surface area contributed by atoms with E-state index in [0.717, 1.165) is 49.6 Å². The molecule has 5 nitrogen and oxygen atoms in total. The molecule has 2 N–H and O–H groups in total. The Hall–Kier alpha value is -1.17. The summed E-state index contributed by atoms with van der Waals surface area (Å²) in [5.41, 5.74) is 3.40. The number of hydrogen-bond donors (Lipinski definition) is 2. The summed E-state index contributed by atoms with van der Waals surface area (Å²) < 4.78 is 5.46. The van der Waals surface area contributed by atoms with Crippen LogP contribution in [0.2, 0.25) is 0 Å². The Morgan fingerprint density at radius 2 is 2.00 bits per heavy atom. The van der Waals surface area contributed by atoms with E-state index in [1.807, 2.05) is 6.20 Å². The minimum absolute atomic E-state index is 0. The van der Waals surface area contributed by atoms with E-state index < -0.39 is 0 Å². The molecule has 2 aromatic rings. The monoisotopic (exact) mass is 336 g/mol. The van der Waals surface area contributed by atoms with Crippen molar-refractivity contribution in [3.05, 3.63) is 23.7 Å². The summed E-state index contributed by atoms with van der Waals surface area (Å²) in [5.74, 6) is 2.18. The zero-order valence-electron chi connectivity index (χ0n) is 13.5. The lowest BCUT2D eigenvalue weighted by Crippen LogP contribution is -2.34. The summed E-state index contributed by atoms with van der Waals surface area (Å²) in [6, 6.07) is 2.75. The van der Waals surface area contributed by atoms with Crippen LogP contribution >= 0.6 is 12.4 Å². The Morgan fingerprint density at radius 3 is 2.78 bits per heavy atom. The number of halogens is 1. The standard InChI is InChI=1S/C17H24N4O.ClH/c1-11-10-13(2-6-18-11)14-3-7-19-17-15(14)20-16(21-17)12-4-8-22-9-5-12;/h3,7,11-13,18H,2,4-6,8-10H2,1H3,(H,19,20,21);1H. The molecule has 0 spiro atoms. The molecule has 4 heterocycles. The van der Waals surface area contributed by atoms with Gasteiger partial charge in [-0.1, -0.05) is 0 Å². The Labute approximate surface area is 143 Å². The van der Waals surface area contributed by atoms with E-state index in [4.69, 9.17) is 9.72 Å². The van der Waals surface area contributed by atoms with Crippen LogP contribution in [0.5, 0.6) is 0 Å². The highest BCUT2D eigenvalue weighted by Crippen LogP contribution is 2.33. The number of imidazole rings is 1. The van der Waals surface area contributed by atoms with Crippen molar-refractivity contribution in [1.29, 1.82) is 0 Å². The molecule has 2 atom stereocenters. The second-order valence-electron chi connectivity index (χ2n) is 6.68. The van der Waals surface area contributed by atoms with Crippen molar-refractivity contribution >= 4 is 23.6 Å². The van der Waals surface area contributed by atoms with Gasteiger partial charge in [-0.2, -0.15) is 0 Å². The number of aromatic amines is 1. The number of nitrogens with zero attached hydrogens (tertiary/aromatic N) is 2. The lowest BCUT2D eigenvalue weighted by Gasteiger charge is -2.28. The topological polar surface area (TPSA) is 62.8 Å². The first-order valence-electron chi connectivity index (χ1n) is 8.47. The number of rotatable bonds is 2. The fourth-order valence-corrected chi connectivity index (χ4v) is 3.86. The molecule has 2 fully saturated rings. The van der Waals surface area contributed by atoms with Gasteiger partial charge >= 0.3 is 0 Å². The summed E-state index contributed by atoms with van der Waals surface area (Å²) in [6.07, 6.45) is 6.40. The quantitative estimate of drug-likeness (QED) is 0.884. The van der Waals surface area contributed by atoms with Crippen molar-refractivity contribution < 1.29 is 4.74 Å². The molecular formula is C17H25ClN4O. The van der Waals surface area contributed by atoms with Crippen molar-refractivity contribution in [2.75, 3.05) is 19.8 Å². The van der Waals surface area contributed by atoms with Crippen molar-refractivity contribution in [3.63, 3.8) is 0 Å². The Morgan fingerprint density at radius 1 is 1.17 bits per heavy atom. The molecule has 2 unspecified atom stereocenters. The van der Waals surface area contributed by atoms with Crippen LogP contribution in [-0.4, -0.2) is 40.8 Å². The predicted octanol–water partition coefficient (Wildman–Crippen LogP) is 3.13. The van der Waals surface area contributed by atoms with Crippen LogP contribution < -0.4 is 5.32 Å². The van der Waals surface area contributed by atoms with Crippen molar-refractivity contribution in [2.24, 2.45) is 0 Å². The molecule has 2 aliphatic rings. The molecule has 2 saturated heterocycles. The highest BCUT2D eigenvalue weighted by molar-refractivity contribution is 5.85. The van der Waals surface area contributed by atoms with Crippen molar-refractivity contribution in [1.82, 2.24) is 20.3 Å². The first kappa shape index (κ1) is 16.7. The largest absolute Gasteiger partial charge is 0.381 e. The molecule has 0 saturated carbocycles. The molecule has 126 valence electrons. The second-order valence-corrected chi connectivity index (χ2v) is 6.68. The SMILES string of the molecule is CC1CC(c2ccnc3[nH]c(C4CCOCC4)nc23)CCN1.Cl. The van der Waals surface area contributed by atoms with Gasteiger partial charge in [0.05, 0.1) is 0 Å². The maximum absolute atomic E-state index is 5.46. The highest BCUT2D eigenvalue weighted by atomic mass is 35.5. The number of fused-ring (bicyclic) bond motifs is 1. The zero-order chi connectivity index (χ0) is 14.9. The van der Waals surface area contributed by atoms with Crippen molar-refractivity contribution in [2.45, 2.75) is 50.5 Å². The average Bonchev–Trinajstić information content (AvgIpc) is 3.00. The Kier molecular flexibility index (Phi) is 5.19. The summed E-state index contributed by atoms with van der Waals surface area (Å²) in [5, 5.41) is 3.53. The maximum Gasteiger partial charge on any atom is 0.157 e. The van der Waals surface area contributed by atoms with E-state index in [-0.39, 0.29) is 12.4 Å². The molecule has 4 rings (SSSR count). The molecule has 0 amide bonds. The van der Waals surface area contributed by atoms with Gasteiger partial charge < -0.3 is 15.0 Å². The number of nitrogens with one attached hydrogen (secondary N) is 2. The summed E-state index contributed by atoms with van der Waals surface area (Å²) >= 11 is 0. The van der Waals surface area contributed by atoms with Crippen LogP contribution in [0.25, 0.3) is 11.2 Å². The normalized spacial score (nSPS) is 26.1. The van der Waals surface area contributed by atoms with Crippen LogP contribution in [0.1, 0.15) is 55.8 Å². The Balaban J connectivity index is 0.00000156. The maximum atomic E-state index is 5.46. The van der Waals surface area contributed by atoms with Gasteiger partial charge in [-0.25, -0.2) is 9.97 Å². The van der Waals surface area contributed by atoms with Gasteiger partial charge in [0.25, 0.3) is 0 Å². The molecule has 2 aromatic heterocycles. The fraction of sp³-hybridized carbons (Fsp3) is 0.647. The molecule has 2 aliphatic heterocycles. The van der Waals surface area contributed by atoms with Gasteiger partial charge in [-0.15, -0.1) is 12.4 Å². The van der Waals surface area contributed by atoms with E-state index in [1.54, 1.807) is 0 Å². The van der Waals surface area contributed by atoms with Crippen LogP contribution in [0.15, 0.2) is 12.3 Å². The van der Waals surface area contributed by atoms with Crippen LogP contribution in [0.4, 0.5) is 0 Å². The molecule has 0 aliphatic carbocycles. The molecule has 0 radical (unpaired) electrons. The predicted molar refractivity (Wildman–Crippen MR) is 93.4 cm³/mol. The van der Waals surface area contributed by atoms with Gasteiger partial charge in [0, 0.05) is 31.4 Å². The number of H-pyrrole nitrogens is 1. The average molecular weight is 337 g/mol. The molecule has 0 bridgehead atoms. The van der Waals surface area contributed by atoms with E-state index >= 15 is 0 Å². The summed E-state index contributed by atoms with van der Waals surface area (Å²) in [6.45, 7) is 5.04. The lowest BCUT2D eigenvalue weighted by atomic mass is 9.87. The third-order valence-corrected chi connectivity index (χ3v) is 5.11. The van der Waals surface area contributed by atoms with E-state index in [2.05, 4.69) is 28.3 Å². The van der Waals surface area contributed by atoms with Crippen LogP contribution in [0, 0.1) is 0 Å². The zero-order valence-corrected chi connectivity index (χ0v) is 14.4. The minimum atomic E-state index is 0. The van der Waals surface area contributed by atoms with Crippen LogP contribution in [0.3, 0.4) is 0 Å². The second kappa shape index (κ2) is 7.16. The van der Waals surface area contributed by atoms with Crippen LogP contribution in [-0.2, 0) is 4.74 Å². The smallest absolute Gasteiger partial charge is 0.157 e. The first-order chi connectivity index (χ1) is 10.8. The lowest BCUT2D eigenvalue weighted by molar-refractivity contribution is 0.0838. The molecule has 6 heteroatoms. The number of piperidine rings is 1.